The zero-order valence-electron chi connectivity index (χ0n) is 31.4. The number of rotatable bonds is 28. The molecule has 7 nitrogen and oxygen atoms in total. The van der Waals surface area contributed by atoms with Crippen LogP contribution in [-0.4, -0.2) is 38.4 Å². The first-order chi connectivity index (χ1) is 24.8. The summed E-state index contributed by atoms with van der Waals surface area (Å²) in [4.78, 5) is 13.2. The first-order valence-corrected chi connectivity index (χ1v) is 20.3. The molecule has 13 heteroatoms. The fraction of sp³-hybridized carbons (Fsp3) is 0.667. The Hall–Kier alpha value is -2.53. The first kappa shape index (κ1) is 45.6. The van der Waals surface area contributed by atoms with E-state index < -0.39 is 60.0 Å². The van der Waals surface area contributed by atoms with Crippen molar-refractivity contribution >= 4 is 13.7 Å². The molecule has 0 spiro atoms. The average molecular weight is 764 g/mol. The number of esters is 1. The van der Waals surface area contributed by atoms with Gasteiger partial charge in [0.15, 0.2) is 0 Å². The number of carbonyl (C=O) groups excluding carboxylic acids is 1. The summed E-state index contributed by atoms with van der Waals surface area (Å²) in [6.07, 6.45) is 17.3. The van der Waals surface area contributed by atoms with Gasteiger partial charge in [0.25, 0.3) is 0 Å². The molecule has 0 fully saturated rings. The van der Waals surface area contributed by atoms with Gasteiger partial charge in [0.2, 0.25) is 34.8 Å². The SMILES string of the molecule is CCCCCCCCCCCCCCCCOCCCOP(=O)(N[C@@H](Cc1ccccc1)C(=O)OCC(C)(C)C)Oc1c(F)c(F)c(F)c(F)c1F. The van der Waals surface area contributed by atoms with Crippen LogP contribution in [0.25, 0.3) is 0 Å². The molecular weight excluding hydrogens is 704 g/mol. The van der Waals surface area contributed by atoms with Crippen LogP contribution < -0.4 is 9.61 Å². The second kappa shape index (κ2) is 24.7. The normalized spacial score (nSPS) is 13.6. The molecule has 1 N–H and O–H groups in total. The van der Waals surface area contributed by atoms with E-state index in [9.17, 15) is 31.3 Å². The quantitative estimate of drug-likeness (QED) is 0.0231. The largest absolute Gasteiger partial charge is 0.464 e. The molecule has 0 amide bonds. The number of hydrogen-bond donors (Lipinski definition) is 1. The molecule has 52 heavy (non-hydrogen) atoms. The lowest BCUT2D eigenvalue weighted by molar-refractivity contribution is -0.148. The van der Waals surface area contributed by atoms with Crippen molar-refractivity contribution in [2.75, 3.05) is 26.4 Å². The van der Waals surface area contributed by atoms with Gasteiger partial charge in [-0.2, -0.15) is 13.9 Å². The van der Waals surface area contributed by atoms with Gasteiger partial charge >= 0.3 is 13.7 Å². The second-order valence-corrected chi connectivity index (χ2v) is 16.1. The summed E-state index contributed by atoms with van der Waals surface area (Å²) in [5, 5.41) is 2.35. The maximum Gasteiger partial charge on any atom is 0.459 e. The summed E-state index contributed by atoms with van der Waals surface area (Å²) in [6, 6.07) is 7.05. The molecular formula is C39H59F5NO6P. The van der Waals surface area contributed by atoms with Gasteiger partial charge in [-0.1, -0.05) is 141 Å². The Balaban J connectivity index is 1.93. The topological polar surface area (TPSA) is 83.1 Å². The maximum atomic E-state index is 14.6. The Morgan fingerprint density at radius 3 is 1.69 bits per heavy atom. The highest BCUT2D eigenvalue weighted by atomic mass is 31.2. The van der Waals surface area contributed by atoms with E-state index >= 15 is 0 Å². The minimum atomic E-state index is -5.00. The molecule has 2 aromatic carbocycles. The van der Waals surface area contributed by atoms with Crippen LogP contribution in [-0.2, 0) is 29.8 Å². The molecule has 2 aromatic rings. The Kier molecular flexibility index (Phi) is 21.7. The van der Waals surface area contributed by atoms with Crippen molar-refractivity contribution in [1.82, 2.24) is 5.09 Å². The number of unbranched alkanes of at least 4 members (excludes halogenated alkanes) is 13. The van der Waals surface area contributed by atoms with Crippen molar-refractivity contribution in [2.24, 2.45) is 5.41 Å². The van der Waals surface area contributed by atoms with Crippen LogP contribution in [0.1, 0.15) is 130 Å². The molecule has 0 saturated heterocycles. The molecule has 0 aromatic heterocycles. The molecule has 0 aliphatic carbocycles. The van der Waals surface area contributed by atoms with E-state index in [0.717, 1.165) is 19.3 Å². The summed E-state index contributed by atoms with van der Waals surface area (Å²) in [7, 11) is -5.00. The van der Waals surface area contributed by atoms with Crippen molar-refractivity contribution < 1.29 is 49.8 Å². The highest BCUT2D eigenvalue weighted by Crippen LogP contribution is 2.47. The molecule has 2 rings (SSSR count). The van der Waals surface area contributed by atoms with Crippen molar-refractivity contribution in [2.45, 2.75) is 136 Å². The third kappa shape index (κ3) is 18.0. The minimum absolute atomic E-state index is 0.0287. The predicted molar refractivity (Wildman–Crippen MR) is 194 cm³/mol. The van der Waals surface area contributed by atoms with Crippen LogP contribution in [0.2, 0.25) is 0 Å². The third-order valence-corrected chi connectivity index (χ3v) is 9.82. The van der Waals surface area contributed by atoms with Gasteiger partial charge in [-0.15, -0.1) is 0 Å². The molecule has 296 valence electrons. The van der Waals surface area contributed by atoms with Crippen LogP contribution in [0.5, 0.6) is 5.75 Å². The Morgan fingerprint density at radius 2 is 1.17 bits per heavy atom. The summed E-state index contributed by atoms with van der Waals surface area (Å²) < 4.78 is 106. The van der Waals surface area contributed by atoms with Crippen LogP contribution in [0, 0.1) is 34.5 Å². The highest BCUT2D eigenvalue weighted by Gasteiger charge is 2.38. The standard InChI is InChI=1S/C39H59F5NO6P/c1-5-6-7-8-9-10-11-12-13-14-15-16-17-21-25-48-26-22-27-50-52(47,51-37-35(43)33(41)32(40)34(42)36(37)44)45-31(28-30-23-19-18-20-24-30)38(46)49-29-39(2,3)4/h18-20,23-24,31H,5-17,21-22,25-29H2,1-4H3,(H,45,47)/t31-,52?/m0/s1. The monoisotopic (exact) mass is 763 g/mol. The van der Waals surface area contributed by atoms with Crippen LogP contribution in [0.4, 0.5) is 22.0 Å². The van der Waals surface area contributed by atoms with Crippen LogP contribution in [0.15, 0.2) is 30.3 Å². The lowest BCUT2D eigenvalue weighted by Gasteiger charge is -2.26. The molecule has 1 unspecified atom stereocenters. The molecule has 0 radical (unpaired) electrons. The summed E-state index contributed by atoms with van der Waals surface area (Å²) in [6.45, 7) is 7.99. The number of nitrogens with one attached hydrogen (secondary N) is 1. The number of benzene rings is 2. The van der Waals surface area contributed by atoms with Gasteiger partial charge in [-0.05, 0) is 30.2 Å². The number of ether oxygens (including phenoxy) is 2. The average Bonchev–Trinajstić information content (AvgIpc) is 3.11. The number of hydrogen-bond acceptors (Lipinski definition) is 6. The zero-order valence-corrected chi connectivity index (χ0v) is 32.3. The van der Waals surface area contributed by atoms with E-state index in [1.165, 1.54) is 70.6 Å². The Morgan fingerprint density at radius 1 is 0.692 bits per heavy atom. The predicted octanol–water partition coefficient (Wildman–Crippen LogP) is 11.6. The van der Waals surface area contributed by atoms with E-state index in [1.807, 2.05) is 20.8 Å². The van der Waals surface area contributed by atoms with Gasteiger partial charge in [0.1, 0.15) is 6.04 Å². The van der Waals surface area contributed by atoms with Crippen molar-refractivity contribution in [1.29, 1.82) is 0 Å². The number of carbonyl (C=O) groups is 1. The maximum absolute atomic E-state index is 14.6. The molecule has 0 bridgehead atoms. The van der Waals surface area contributed by atoms with Crippen molar-refractivity contribution in [3.05, 3.63) is 65.0 Å². The fourth-order valence-electron chi connectivity index (χ4n) is 5.33. The molecule has 0 aliphatic heterocycles. The van der Waals surface area contributed by atoms with Crippen LogP contribution >= 0.6 is 7.75 Å². The Bertz CT molecular complexity index is 1330. The van der Waals surface area contributed by atoms with E-state index in [-0.39, 0.29) is 32.7 Å². The smallest absolute Gasteiger partial charge is 0.459 e. The van der Waals surface area contributed by atoms with Gasteiger partial charge < -0.3 is 14.0 Å². The molecule has 0 heterocycles. The van der Waals surface area contributed by atoms with E-state index in [1.54, 1.807) is 30.3 Å². The zero-order chi connectivity index (χ0) is 38.4. The molecule has 0 aliphatic rings. The van der Waals surface area contributed by atoms with E-state index in [0.29, 0.717) is 12.2 Å². The lowest BCUT2D eigenvalue weighted by atomic mass is 9.98. The summed E-state index contributed by atoms with van der Waals surface area (Å²) >= 11 is 0. The number of halogens is 5. The highest BCUT2D eigenvalue weighted by molar-refractivity contribution is 7.52. The first-order valence-electron chi connectivity index (χ1n) is 18.8. The second-order valence-electron chi connectivity index (χ2n) is 14.4. The molecule has 2 atom stereocenters. The summed E-state index contributed by atoms with van der Waals surface area (Å²) in [5.74, 6) is -14.4. The van der Waals surface area contributed by atoms with Crippen LogP contribution in [0.3, 0.4) is 0 Å². The third-order valence-electron chi connectivity index (χ3n) is 8.25. The fourth-order valence-corrected chi connectivity index (χ4v) is 6.86. The van der Waals surface area contributed by atoms with Gasteiger partial charge in [0.05, 0.1) is 13.2 Å². The van der Waals surface area contributed by atoms with Gasteiger partial charge in [-0.3, -0.25) is 9.32 Å². The van der Waals surface area contributed by atoms with Gasteiger partial charge in [-0.25, -0.2) is 17.7 Å². The van der Waals surface area contributed by atoms with Crippen molar-refractivity contribution in [3.8, 4) is 5.75 Å². The van der Waals surface area contributed by atoms with Crippen molar-refractivity contribution in [3.63, 3.8) is 0 Å². The van der Waals surface area contributed by atoms with E-state index in [4.69, 9.17) is 18.5 Å². The van der Waals surface area contributed by atoms with Gasteiger partial charge in [0, 0.05) is 13.2 Å². The summed E-state index contributed by atoms with van der Waals surface area (Å²) in [5.41, 5.74) is 0.151. The van der Waals surface area contributed by atoms with E-state index in [2.05, 4.69) is 12.0 Å². The lowest BCUT2D eigenvalue weighted by Crippen LogP contribution is -2.40. The minimum Gasteiger partial charge on any atom is -0.464 e. The Labute approximate surface area is 307 Å². The molecule has 0 saturated carbocycles.